The van der Waals surface area contributed by atoms with Crippen LogP contribution in [0.3, 0.4) is 0 Å². The second kappa shape index (κ2) is 8.19. The van der Waals surface area contributed by atoms with Gasteiger partial charge in [0.2, 0.25) is 11.1 Å². The van der Waals surface area contributed by atoms with Gasteiger partial charge < -0.3 is 19.8 Å². The Balaban J connectivity index is 1.51. The number of hydrogen-bond donors (Lipinski definition) is 2. The Morgan fingerprint density at radius 2 is 1.80 bits per heavy atom. The van der Waals surface area contributed by atoms with Crippen LogP contribution in [0.5, 0.6) is 11.5 Å². The maximum atomic E-state index is 12.4. The first-order valence-corrected chi connectivity index (χ1v) is 10.2. The van der Waals surface area contributed by atoms with E-state index in [9.17, 15) is 4.79 Å². The number of H-pyrrole nitrogens is 1. The molecule has 30 heavy (non-hydrogen) atoms. The molecule has 0 spiro atoms. The molecule has 2 heterocycles. The van der Waals surface area contributed by atoms with E-state index in [0.29, 0.717) is 28.0 Å². The number of nitrogens with one attached hydrogen (secondary N) is 2. The topological polar surface area (TPSA) is 102 Å². The molecule has 0 fully saturated rings. The molecule has 0 radical (unpaired) electrons. The number of hydrogen-bond acceptors (Lipinski definition) is 7. The molecule has 2 aromatic carbocycles. The summed E-state index contributed by atoms with van der Waals surface area (Å²) in [5.74, 6) is 1.15. The van der Waals surface area contributed by atoms with Crippen molar-refractivity contribution in [2.24, 2.45) is 0 Å². The van der Waals surface area contributed by atoms with Gasteiger partial charge in [-0.05, 0) is 31.0 Å². The predicted molar refractivity (Wildman–Crippen MR) is 118 cm³/mol. The first-order valence-electron chi connectivity index (χ1n) is 9.26. The van der Waals surface area contributed by atoms with Crippen LogP contribution in [0.25, 0.3) is 22.1 Å². The summed E-state index contributed by atoms with van der Waals surface area (Å²) in [6.07, 6.45) is 0. The zero-order chi connectivity index (χ0) is 21.3. The van der Waals surface area contributed by atoms with Gasteiger partial charge in [-0.2, -0.15) is 0 Å². The molecule has 4 rings (SSSR count). The van der Waals surface area contributed by atoms with E-state index in [2.05, 4.69) is 44.5 Å². The lowest BCUT2D eigenvalue weighted by molar-refractivity contribution is -0.113. The number of aromatic nitrogens is 4. The van der Waals surface area contributed by atoms with E-state index >= 15 is 0 Å². The van der Waals surface area contributed by atoms with Crippen molar-refractivity contribution in [3.63, 3.8) is 0 Å². The Morgan fingerprint density at radius 3 is 2.50 bits per heavy atom. The van der Waals surface area contributed by atoms with Gasteiger partial charge >= 0.3 is 0 Å². The summed E-state index contributed by atoms with van der Waals surface area (Å²) in [5.41, 5.74) is 5.26. The van der Waals surface area contributed by atoms with Crippen LogP contribution in [0.2, 0.25) is 0 Å². The first-order chi connectivity index (χ1) is 14.5. The standard InChI is InChI=1S/C21H21N5O3S/c1-11-5-12(2)18-16(6-11)23-20-19(18)24-21(26-25-20)30-10-17(27)22-13-7-14(28-3)9-15(8-13)29-4/h5-9H,10H2,1-4H3,(H,22,27)(H,23,25). The molecule has 9 heteroatoms. The molecule has 0 aliphatic rings. The van der Waals surface area contributed by atoms with Crippen molar-refractivity contribution in [1.82, 2.24) is 20.2 Å². The van der Waals surface area contributed by atoms with Gasteiger partial charge in [0, 0.05) is 34.8 Å². The van der Waals surface area contributed by atoms with Crippen LogP contribution in [-0.2, 0) is 4.79 Å². The lowest BCUT2D eigenvalue weighted by atomic mass is 10.1. The number of carbonyl (C=O) groups is 1. The van der Waals surface area contributed by atoms with Crippen molar-refractivity contribution in [3.05, 3.63) is 41.5 Å². The summed E-state index contributed by atoms with van der Waals surface area (Å²) in [7, 11) is 3.12. The molecule has 8 nitrogen and oxygen atoms in total. The van der Waals surface area contributed by atoms with Crippen LogP contribution in [0.1, 0.15) is 11.1 Å². The second-order valence-corrected chi connectivity index (χ2v) is 7.80. The number of methoxy groups -OCH3 is 2. The van der Waals surface area contributed by atoms with Crippen LogP contribution < -0.4 is 14.8 Å². The van der Waals surface area contributed by atoms with Crippen LogP contribution in [-0.4, -0.2) is 46.0 Å². The Bertz CT molecular complexity index is 1230. The van der Waals surface area contributed by atoms with Gasteiger partial charge in [-0.1, -0.05) is 17.8 Å². The van der Waals surface area contributed by atoms with Gasteiger partial charge in [0.15, 0.2) is 5.65 Å². The monoisotopic (exact) mass is 423 g/mol. The highest BCUT2D eigenvalue weighted by Gasteiger charge is 2.13. The molecule has 154 valence electrons. The maximum Gasteiger partial charge on any atom is 0.234 e. The molecule has 0 aliphatic heterocycles. The number of amides is 1. The van der Waals surface area contributed by atoms with Crippen LogP contribution >= 0.6 is 11.8 Å². The number of rotatable bonds is 6. The van der Waals surface area contributed by atoms with Gasteiger partial charge in [0.1, 0.15) is 17.0 Å². The summed E-state index contributed by atoms with van der Waals surface area (Å²) in [6.45, 7) is 4.10. The number of anilines is 1. The van der Waals surface area contributed by atoms with Crippen LogP contribution in [0, 0.1) is 13.8 Å². The minimum Gasteiger partial charge on any atom is -0.497 e. The zero-order valence-corrected chi connectivity index (χ0v) is 17.9. The van der Waals surface area contributed by atoms with Crippen LogP contribution in [0.15, 0.2) is 35.5 Å². The van der Waals surface area contributed by atoms with Gasteiger partial charge in [-0.15, -0.1) is 10.2 Å². The van der Waals surface area contributed by atoms with E-state index in [-0.39, 0.29) is 11.7 Å². The number of fused-ring (bicyclic) bond motifs is 3. The Morgan fingerprint density at radius 1 is 1.07 bits per heavy atom. The van der Waals surface area contributed by atoms with Gasteiger partial charge in [0.05, 0.1) is 20.0 Å². The maximum absolute atomic E-state index is 12.4. The molecule has 2 N–H and O–H groups in total. The third-order valence-corrected chi connectivity index (χ3v) is 5.44. The van der Waals surface area contributed by atoms with Crippen molar-refractivity contribution >= 4 is 45.4 Å². The van der Waals surface area contributed by atoms with Crippen molar-refractivity contribution in [1.29, 1.82) is 0 Å². The Hall–Kier alpha value is -3.33. The smallest absolute Gasteiger partial charge is 0.234 e. The highest BCUT2D eigenvalue weighted by Crippen LogP contribution is 2.28. The summed E-state index contributed by atoms with van der Waals surface area (Å²) < 4.78 is 10.5. The van der Waals surface area contributed by atoms with E-state index in [4.69, 9.17) is 9.47 Å². The zero-order valence-electron chi connectivity index (χ0n) is 17.1. The van der Waals surface area contributed by atoms with Crippen molar-refractivity contribution in [2.75, 3.05) is 25.3 Å². The van der Waals surface area contributed by atoms with Crippen molar-refractivity contribution in [3.8, 4) is 11.5 Å². The molecule has 0 saturated carbocycles. The van der Waals surface area contributed by atoms with E-state index in [0.717, 1.165) is 22.0 Å². The summed E-state index contributed by atoms with van der Waals surface area (Å²) in [4.78, 5) is 20.3. The molecule has 4 aromatic rings. The van der Waals surface area contributed by atoms with E-state index in [1.165, 1.54) is 17.3 Å². The average Bonchev–Trinajstić information content (AvgIpc) is 3.09. The number of aryl methyl sites for hydroxylation is 2. The fourth-order valence-electron chi connectivity index (χ4n) is 3.35. The normalized spacial score (nSPS) is 11.1. The Kier molecular flexibility index (Phi) is 5.45. The number of benzene rings is 2. The molecule has 2 aromatic heterocycles. The number of carbonyl (C=O) groups excluding carboxylic acids is 1. The van der Waals surface area contributed by atoms with Crippen molar-refractivity contribution < 1.29 is 14.3 Å². The molecule has 0 bridgehead atoms. The van der Waals surface area contributed by atoms with Gasteiger partial charge in [0.25, 0.3) is 0 Å². The summed E-state index contributed by atoms with van der Waals surface area (Å²) in [5, 5.41) is 12.7. The number of aromatic amines is 1. The highest BCUT2D eigenvalue weighted by atomic mass is 32.2. The fourth-order valence-corrected chi connectivity index (χ4v) is 3.93. The van der Waals surface area contributed by atoms with Gasteiger partial charge in [-0.3, -0.25) is 4.79 Å². The number of thioether (sulfide) groups is 1. The molecule has 0 atom stereocenters. The number of nitrogens with zero attached hydrogens (tertiary/aromatic N) is 3. The summed E-state index contributed by atoms with van der Waals surface area (Å²) >= 11 is 1.23. The largest absolute Gasteiger partial charge is 0.497 e. The number of ether oxygens (including phenoxy) is 2. The highest BCUT2D eigenvalue weighted by molar-refractivity contribution is 7.99. The molecular formula is C21H21N5O3S. The lowest BCUT2D eigenvalue weighted by Gasteiger charge is -2.09. The second-order valence-electron chi connectivity index (χ2n) is 6.86. The lowest BCUT2D eigenvalue weighted by Crippen LogP contribution is -2.14. The molecule has 0 aliphatic carbocycles. The van der Waals surface area contributed by atoms with E-state index in [1.54, 1.807) is 32.4 Å². The fraction of sp³-hybridized carbons (Fsp3) is 0.238. The molecule has 0 saturated heterocycles. The van der Waals surface area contributed by atoms with Crippen LogP contribution in [0.4, 0.5) is 5.69 Å². The SMILES string of the molecule is COc1cc(NC(=O)CSc2nnc3[nH]c4cc(C)cc(C)c4c3n2)cc(OC)c1. The third kappa shape index (κ3) is 4.02. The minimum absolute atomic E-state index is 0.146. The first kappa shape index (κ1) is 20.0. The van der Waals surface area contributed by atoms with Gasteiger partial charge in [-0.25, -0.2) is 4.98 Å². The van der Waals surface area contributed by atoms with Crippen molar-refractivity contribution in [2.45, 2.75) is 19.0 Å². The van der Waals surface area contributed by atoms with E-state index < -0.39 is 0 Å². The average molecular weight is 423 g/mol. The minimum atomic E-state index is -0.190. The predicted octanol–water partition coefficient (Wildman–Crippen LogP) is 3.87. The molecule has 1 amide bonds. The Labute approximate surface area is 177 Å². The quantitative estimate of drug-likeness (QED) is 0.454. The van der Waals surface area contributed by atoms with E-state index in [1.807, 2.05) is 6.92 Å². The third-order valence-electron chi connectivity index (χ3n) is 4.60. The molecule has 0 unspecified atom stereocenters. The summed E-state index contributed by atoms with van der Waals surface area (Å²) in [6, 6.07) is 9.37. The molecular weight excluding hydrogens is 402 g/mol.